The Hall–Kier alpha value is -2.64. The summed E-state index contributed by atoms with van der Waals surface area (Å²) in [5, 5.41) is 1.89. The number of nitrogens with zero attached hydrogens (tertiary/aromatic N) is 1. The Balaban J connectivity index is 1.55. The van der Waals surface area contributed by atoms with Crippen molar-refractivity contribution in [3.05, 3.63) is 87.1 Å². The molecule has 0 fully saturated rings. The van der Waals surface area contributed by atoms with E-state index in [0.29, 0.717) is 22.7 Å². The molecule has 142 valence electrons. The minimum Gasteiger partial charge on any atom is -0.468 e. The van der Waals surface area contributed by atoms with Gasteiger partial charge in [0.1, 0.15) is 11.6 Å². The summed E-state index contributed by atoms with van der Waals surface area (Å²) in [6, 6.07) is 13.4. The highest BCUT2D eigenvalue weighted by molar-refractivity contribution is 8.03. The number of halogens is 1. The zero-order valence-electron chi connectivity index (χ0n) is 14.8. The van der Waals surface area contributed by atoms with Crippen LogP contribution in [-0.4, -0.2) is 23.3 Å². The van der Waals surface area contributed by atoms with Crippen LogP contribution in [0.3, 0.4) is 0 Å². The predicted molar refractivity (Wildman–Crippen MR) is 108 cm³/mol. The Morgan fingerprint density at radius 1 is 1.04 bits per heavy atom. The topological polar surface area (TPSA) is 50.5 Å². The molecule has 2 amide bonds. The molecule has 28 heavy (non-hydrogen) atoms. The molecule has 0 N–H and O–H groups in total. The van der Waals surface area contributed by atoms with E-state index in [4.69, 9.17) is 4.42 Å². The fraction of sp³-hybridized carbons (Fsp3) is 0.143. The van der Waals surface area contributed by atoms with E-state index in [1.807, 2.05) is 23.6 Å². The Bertz CT molecular complexity index is 1010. The van der Waals surface area contributed by atoms with E-state index in [1.54, 1.807) is 24.5 Å². The van der Waals surface area contributed by atoms with E-state index in [1.165, 1.54) is 40.1 Å². The van der Waals surface area contributed by atoms with Gasteiger partial charge in [-0.3, -0.25) is 14.5 Å². The first-order chi connectivity index (χ1) is 13.6. The zero-order chi connectivity index (χ0) is 19.5. The second kappa shape index (κ2) is 8.16. The zero-order valence-corrected chi connectivity index (χ0v) is 16.4. The first-order valence-corrected chi connectivity index (χ1v) is 10.5. The van der Waals surface area contributed by atoms with Gasteiger partial charge >= 0.3 is 0 Å². The average molecular weight is 413 g/mol. The predicted octanol–water partition coefficient (Wildman–Crippen LogP) is 4.74. The van der Waals surface area contributed by atoms with Gasteiger partial charge in [0.25, 0.3) is 11.8 Å². The molecule has 0 saturated heterocycles. The van der Waals surface area contributed by atoms with Crippen LogP contribution in [0.15, 0.2) is 69.5 Å². The maximum absolute atomic E-state index is 13.1. The first-order valence-electron chi connectivity index (χ1n) is 8.67. The molecule has 0 unspecified atom stereocenters. The summed E-state index contributed by atoms with van der Waals surface area (Å²) in [5.74, 6) is 0.342. The number of hydrogen-bond acceptors (Lipinski definition) is 5. The Morgan fingerprint density at radius 3 is 2.54 bits per heavy atom. The summed E-state index contributed by atoms with van der Waals surface area (Å²) in [6.45, 7) is 0.253. The van der Waals surface area contributed by atoms with Gasteiger partial charge in [-0.05, 0) is 47.7 Å². The molecular formula is C21H16FNO3S2. The Morgan fingerprint density at radius 2 is 1.86 bits per heavy atom. The first kappa shape index (κ1) is 18.7. The van der Waals surface area contributed by atoms with E-state index >= 15 is 0 Å². The number of carbonyl (C=O) groups excluding carboxylic acids is 2. The van der Waals surface area contributed by atoms with Gasteiger partial charge in [0, 0.05) is 11.4 Å². The summed E-state index contributed by atoms with van der Waals surface area (Å²) < 4.78 is 18.4. The van der Waals surface area contributed by atoms with E-state index in [-0.39, 0.29) is 24.2 Å². The molecule has 0 saturated carbocycles. The van der Waals surface area contributed by atoms with Gasteiger partial charge < -0.3 is 4.42 Å². The van der Waals surface area contributed by atoms with Crippen molar-refractivity contribution in [1.29, 1.82) is 0 Å². The molecule has 1 aliphatic rings. The summed E-state index contributed by atoms with van der Waals surface area (Å²) in [4.78, 5) is 28.5. The van der Waals surface area contributed by atoms with Crippen molar-refractivity contribution in [2.45, 2.75) is 12.2 Å². The van der Waals surface area contributed by atoms with Crippen LogP contribution in [0.25, 0.3) is 5.57 Å². The number of thioether (sulfide) groups is 1. The van der Waals surface area contributed by atoms with E-state index < -0.39 is 0 Å². The van der Waals surface area contributed by atoms with Crippen LogP contribution in [0.5, 0.6) is 0 Å². The molecule has 0 radical (unpaired) electrons. The van der Waals surface area contributed by atoms with Crippen LogP contribution >= 0.6 is 23.1 Å². The standard InChI is InChI=1S/C21H16FNO3S2/c22-15-7-5-14(6-8-15)9-10-23-20(24)18(17-4-2-12-27-17)19(21(23)25)28-13-16-3-1-11-26-16/h1-8,11-12H,9-10,13H2. The Kier molecular flexibility index (Phi) is 5.45. The van der Waals surface area contributed by atoms with Crippen LogP contribution in [0.1, 0.15) is 16.2 Å². The minimum absolute atomic E-state index is 0.253. The SMILES string of the molecule is O=C1C(SCc2ccco2)=C(c2cccs2)C(=O)N1CCc1ccc(F)cc1. The molecule has 3 heterocycles. The molecule has 0 bridgehead atoms. The van der Waals surface area contributed by atoms with Crippen molar-refractivity contribution in [2.75, 3.05) is 6.54 Å². The summed E-state index contributed by atoms with van der Waals surface area (Å²) in [5.41, 5.74) is 1.33. The van der Waals surface area contributed by atoms with Crippen LogP contribution in [0, 0.1) is 5.82 Å². The van der Waals surface area contributed by atoms with Gasteiger partial charge in [-0.1, -0.05) is 18.2 Å². The van der Waals surface area contributed by atoms with Crippen LogP contribution in [0.4, 0.5) is 4.39 Å². The lowest BCUT2D eigenvalue weighted by Crippen LogP contribution is -2.33. The largest absolute Gasteiger partial charge is 0.468 e. The third-order valence-electron chi connectivity index (χ3n) is 4.37. The number of carbonyl (C=O) groups is 2. The molecule has 0 atom stereocenters. The van der Waals surface area contributed by atoms with Crippen LogP contribution in [0.2, 0.25) is 0 Å². The second-order valence-electron chi connectivity index (χ2n) is 6.19. The molecule has 0 aliphatic carbocycles. The highest BCUT2D eigenvalue weighted by Gasteiger charge is 2.39. The average Bonchev–Trinajstić information content (AvgIpc) is 3.43. The molecule has 2 aromatic heterocycles. The quantitative estimate of drug-likeness (QED) is 0.525. The summed E-state index contributed by atoms with van der Waals surface area (Å²) >= 11 is 2.75. The maximum atomic E-state index is 13.1. The lowest BCUT2D eigenvalue weighted by atomic mass is 10.1. The fourth-order valence-electron chi connectivity index (χ4n) is 2.96. The summed E-state index contributed by atoms with van der Waals surface area (Å²) in [6.07, 6.45) is 2.06. The number of hydrogen-bond donors (Lipinski definition) is 0. The minimum atomic E-state index is -0.310. The van der Waals surface area contributed by atoms with Gasteiger partial charge in [-0.15, -0.1) is 23.1 Å². The monoisotopic (exact) mass is 413 g/mol. The lowest BCUT2D eigenvalue weighted by molar-refractivity contribution is -0.136. The molecule has 1 aromatic carbocycles. The summed E-state index contributed by atoms with van der Waals surface area (Å²) in [7, 11) is 0. The van der Waals surface area contributed by atoms with Crippen molar-refractivity contribution < 1.29 is 18.4 Å². The number of thiophene rings is 1. The third-order valence-corrected chi connectivity index (χ3v) is 6.35. The van der Waals surface area contributed by atoms with Gasteiger partial charge in [0.15, 0.2) is 0 Å². The maximum Gasteiger partial charge on any atom is 0.268 e. The molecule has 0 spiro atoms. The van der Waals surface area contributed by atoms with Crippen LogP contribution < -0.4 is 0 Å². The van der Waals surface area contributed by atoms with Gasteiger partial charge in [0.05, 0.1) is 22.5 Å². The van der Waals surface area contributed by atoms with E-state index in [9.17, 15) is 14.0 Å². The number of rotatable bonds is 7. The van der Waals surface area contributed by atoms with Crippen molar-refractivity contribution in [3.63, 3.8) is 0 Å². The van der Waals surface area contributed by atoms with Gasteiger partial charge in [-0.2, -0.15) is 0 Å². The highest BCUT2D eigenvalue weighted by atomic mass is 32.2. The number of amides is 2. The van der Waals surface area contributed by atoms with Crippen LogP contribution in [-0.2, 0) is 21.8 Å². The molecule has 4 rings (SSSR count). The smallest absolute Gasteiger partial charge is 0.268 e. The number of furan rings is 1. The Labute approximate surface area is 169 Å². The lowest BCUT2D eigenvalue weighted by Gasteiger charge is -2.15. The molecular weight excluding hydrogens is 397 g/mol. The molecule has 7 heteroatoms. The van der Waals surface area contributed by atoms with Crippen molar-refractivity contribution in [2.24, 2.45) is 0 Å². The molecule has 4 nitrogen and oxygen atoms in total. The van der Waals surface area contributed by atoms with Crippen molar-refractivity contribution in [3.8, 4) is 0 Å². The van der Waals surface area contributed by atoms with E-state index in [0.717, 1.165) is 16.2 Å². The van der Waals surface area contributed by atoms with Gasteiger partial charge in [-0.25, -0.2) is 4.39 Å². The third kappa shape index (κ3) is 3.81. The van der Waals surface area contributed by atoms with Crippen molar-refractivity contribution >= 4 is 40.5 Å². The molecule has 3 aromatic rings. The van der Waals surface area contributed by atoms with Crippen molar-refractivity contribution in [1.82, 2.24) is 4.90 Å². The molecule has 1 aliphatic heterocycles. The van der Waals surface area contributed by atoms with Gasteiger partial charge in [0.2, 0.25) is 0 Å². The highest BCUT2D eigenvalue weighted by Crippen LogP contribution is 2.39. The number of benzene rings is 1. The second-order valence-corrected chi connectivity index (χ2v) is 8.12. The van der Waals surface area contributed by atoms with E-state index in [2.05, 4.69) is 0 Å². The fourth-order valence-corrected chi connectivity index (χ4v) is 4.82. The normalized spacial score (nSPS) is 14.4. The number of imide groups is 1.